The van der Waals surface area contributed by atoms with Gasteiger partial charge in [0.15, 0.2) is 0 Å². The number of carboxylic acids is 1. The normalized spacial score (nSPS) is 18.6. The SMILES string of the molecule is CC(C)CC(C)OCCC(=O)NCC(C(=O)O)C1CCOCC1. The van der Waals surface area contributed by atoms with Crippen molar-refractivity contribution in [3.05, 3.63) is 0 Å². The van der Waals surface area contributed by atoms with Crippen molar-refractivity contribution in [1.82, 2.24) is 5.32 Å². The predicted octanol–water partition coefficient (Wildman–Crippen LogP) is 2.07. The van der Waals surface area contributed by atoms with Crippen LogP contribution in [0.1, 0.15) is 46.5 Å². The fourth-order valence-corrected chi connectivity index (χ4v) is 2.97. The van der Waals surface area contributed by atoms with Gasteiger partial charge in [-0.05, 0) is 38.0 Å². The van der Waals surface area contributed by atoms with E-state index in [1.54, 1.807) is 0 Å². The van der Waals surface area contributed by atoms with E-state index in [-0.39, 0.29) is 30.9 Å². The molecule has 1 aliphatic heterocycles. The number of carboxylic acid groups (broad SMARTS) is 1. The lowest BCUT2D eigenvalue weighted by Gasteiger charge is -2.27. The van der Waals surface area contributed by atoms with Crippen molar-refractivity contribution in [2.24, 2.45) is 17.8 Å². The van der Waals surface area contributed by atoms with E-state index < -0.39 is 11.9 Å². The van der Waals surface area contributed by atoms with E-state index in [1.165, 1.54) is 0 Å². The Morgan fingerprint density at radius 2 is 1.91 bits per heavy atom. The largest absolute Gasteiger partial charge is 0.481 e. The van der Waals surface area contributed by atoms with Gasteiger partial charge in [0.25, 0.3) is 0 Å². The molecule has 1 heterocycles. The van der Waals surface area contributed by atoms with Gasteiger partial charge in [-0.3, -0.25) is 9.59 Å². The first-order valence-corrected chi connectivity index (χ1v) is 8.59. The second-order valence-electron chi connectivity index (χ2n) is 6.76. The molecule has 23 heavy (non-hydrogen) atoms. The van der Waals surface area contributed by atoms with Gasteiger partial charge in [-0.15, -0.1) is 0 Å². The van der Waals surface area contributed by atoms with Gasteiger partial charge in [0, 0.05) is 26.2 Å². The Hall–Kier alpha value is -1.14. The molecule has 2 unspecified atom stereocenters. The molecule has 0 saturated carbocycles. The number of hydrogen-bond donors (Lipinski definition) is 2. The number of rotatable bonds is 10. The van der Waals surface area contributed by atoms with Crippen LogP contribution in [0, 0.1) is 17.8 Å². The van der Waals surface area contributed by atoms with E-state index in [0.29, 0.717) is 25.7 Å². The quantitative estimate of drug-likeness (QED) is 0.641. The lowest BCUT2D eigenvalue weighted by Crippen LogP contribution is -2.39. The standard InChI is InChI=1S/C17H31NO5/c1-12(2)10-13(3)23-9-6-16(19)18-11-15(17(20)21)14-4-7-22-8-5-14/h12-15H,4-11H2,1-3H3,(H,18,19)(H,20,21). The lowest BCUT2D eigenvalue weighted by atomic mass is 9.86. The molecular weight excluding hydrogens is 298 g/mol. The first-order valence-electron chi connectivity index (χ1n) is 8.59. The van der Waals surface area contributed by atoms with Crippen LogP contribution in [0.2, 0.25) is 0 Å². The average Bonchev–Trinajstić information content (AvgIpc) is 2.47. The number of amides is 1. The summed E-state index contributed by atoms with van der Waals surface area (Å²) in [5.74, 6) is -0.902. The summed E-state index contributed by atoms with van der Waals surface area (Å²) in [5.41, 5.74) is 0. The first-order chi connectivity index (χ1) is 10.9. The zero-order chi connectivity index (χ0) is 17.2. The highest BCUT2D eigenvalue weighted by Gasteiger charge is 2.29. The Bertz CT molecular complexity index is 366. The van der Waals surface area contributed by atoms with Gasteiger partial charge in [-0.25, -0.2) is 0 Å². The third kappa shape index (κ3) is 8.32. The number of carbonyl (C=O) groups excluding carboxylic acids is 1. The topological polar surface area (TPSA) is 84.9 Å². The number of ether oxygens (including phenoxy) is 2. The van der Waals surface area contributed by atoms with E-state index in [4.69, 9.17) is 9.47 Å². The Morgan fingerprint density at radius 3 is 2.48 bits per heavy atom. The zero-order valence-corrected chi connectivity index (χ0v) is 14.5. The second kappa shape index (κ2) is 10.6. The summed E-state index contributed by atoms with van der Waals surface area (Å²) >= 11 is 0. The van der Waals surface area contributed by atoms with Gasteiger partial charge in [0.1, 0.15) is 0 Å². The van der Waals surface area contributed by atoms with Crippen molar-refractivity contribution >= 4 is 11.9 Å². The minimum atomic E-state index is -0.848. The Kier molecular flexibility index (Phi) is 9.17. The van der Waals surface area contributed by atoms with Gasteiger partial charge in [-0.1, -0.05) is 13.8 Å². The molecule has 6 heteroatoms. The molecule has 1 saturated heterocycles. The smallest absolute Gasteiger partial charge is 0.308 e. The molecule has 1 fully saturated rings. The van der Waals surface area contributed by atoms with E-state index in [2.05, 4.69) is 19.2 Å². The summed E-state index contributed by atoms with van der Waals surface area (Å²) < 4.78 is 10.9. The molecule has 0 aliphatic carbocycles. The molecule has 0 aromatic carbocycles. The fourth-order valence-electron chi connectivity index (χ4n) is 2.97. The summed E-state index contributed by atoms with van der Waals surface area (Å²) in [6.07, 6.45) is 2.84. The van der Waals surface area contributed by atoms with Gasteiger partial charge < -0.3 is 19.9 Å². The third-order valence-corrected chi connectivity index (χ3v) is 4.21. The molecular formula is C17H31NO5. The molecule has 1 aliphatic rings. The first kappa shape index (κ1) is 19.9. The maximum absolute atomic E-state index is 11.8. The summed E-state index contributed by atoms with van der Waals surface area (Å²) in [6, 6.07) is 0. The summed E-state index contributed by atoms with van der Waals surface area (Å²) in [7, 11) is 0. The van der Waals surface area contributed by atoms with Crippen LogP contribution in [-0.4, -0.2) is 49.5 Å². The Labute approximate surface area is 138 Å². The highest BCUT2D eigenvalue weighted by Crippen LogP contribution is 2.23. The third-order valence-electron chi connectivity index (χ3n) is 4.21. The van der Waals surface area contributed by atoms with E-state index in [0.717, 1.165) is 19.3 Å². The van der Waals surface area contributed by atoms with Crippen molar-refractivity contribution in [2.45, 2.75) is 52.6 Å². The van der Waals surface area contributed by atoms with Gasteiger partial charge in [-0.2, -0.15) is 0 Å². The van der Waals surface area contributed by atoms with Crippen LogP contribution in [0.4, 0.5) is 0 Å². The van der Waals surface area contributed by atoms with Crippen LogP contribution in [-0.2, 0) is 19.1 Å². The van der Waals surface area contributed by atoms with Gasteiger partial charge in [0.05, 0.1) is 18.6 Å². The summed E-state index contributed by atoms with van der Waals surface area (Å²) in [4.78, 5) is 23.2. The lowest BCUT2D eigenvalue weighted by molar-refractivity contribution is -0.145. The van der Waals surface area contributed by atoms with Crippen LogP contribution < -0.4 is 5.32 Å². The molecule has 2 atom stereocenters. The average molecular weight is 329 g/mol. The highest BCUT2D eigenvalue weighted by atomic mass is 16.5. The Morgan fingerprint density at radius 1 is 1.26 bits per heavy atom. The van der Waals surface area contributed by atoms with Crippen molar-refractivity contribution < 1.29 is 24.2 Å². The van der Waals surface area contributed by atoms with Crippen molar-refractivity contribution in [1.29, 1.82) is 0 Å². The zero-order valence-electron chi connectivity index (χ0n) is 14.5. The summed E-state index contributed by atoms with van der Waals surface area (Å²) in [6.45, 7) is 8.02. The molecule has 1 rings (SSSR count). The van der Waals surface area contributed by atoms with Gasteiger partial charge in [0.2, 0.25) is 5.91 Å². The number of nitrogens with one attached hydrogen (secondary N) is 1. The molecule has 2 N–H and O–H groups in total. The van der Waals surface area contributed by atoms with Gasteiger partial charge >= 0.3 is 5.97 Å². The van der Waals surface area contributed by atoms with Crippen LogP contribution in [0.25, 0.3) is 0 Å². The monoisotopic (exact) mass is 329 g/mol. The van der Waals surface area contributed by atoms with E-state index >= 15 is 0 Å². The number of aliphatic carboxylic acids is 1. The predicted molar refractivity (Wildman–Crippen MR) is 87.2 cm³/mol. The van der Waals surface area contributed by atoms with Crippen molar-refractivity contribution in [3.8, 4) is 0 Å². The van der Waals surface area contributed by atoms with E-state index in [9.17, 15) is 14.7 Å². The molecule has 6 nitrogen and oxygen atoms in total. The number of hydrogen-bond acceptors (Lipinski definition) is 4. The molecule has 0 radical (unpaired) electrons. The highest BCUT2D eigenvalue weighted by molar-refractivity contribution is 5.77. The Balaban J connectivity index is 2.25. The number of carbonyl (C=O) groups is 2. The minimum absolute atomic E-state index is 0.0730. The van der Waals surface area contributed by atoms with E-state index in [1.807, 2.05) is 6.92 Å². The maximum atomic E-state index is 11.8. The van der Waals surface area contributed by atoms with Crippen LogP contribution in [0.3, 0.4) is 0 Å². The van der Waals surface area contributed by atoms with Crippen molar-refractivity contribution in [3.63, 3.8) is 0 Å². The molecule has 1 amide bonds. The van der Waals surface area contributed by atoms with Crippen LogP contribution in [0.15, 0.2) is 0 Å². The molecule has 134 valence electrons. The molecule has 0 spiro atoms. The minimum Gasteiger partial charge on any atom is -0.481 e. The van der Waals surface area contributed by atoms with Crippen LogP contribution >= 0.6 is 0 Å². The summed E-state index contributed by atoms with van der Waals surface area (Å²) in [5, 5.41) is 12.1. The fraction of sp³-hybridized carbons (Fsp3) is 0.882. The van der Waals surface area contributed by atoms with Crippen molar-refractivity contribution in [2.75, 3.05) is 26.4 Å². The molecule has 0 aromatic heterocycles. The molecule has 0 bridgehead atoms. The van der Waals surface area contributed by atoms with Crippen LogP contribution in [0.5, 0.6) is 0 Å². The molecule has 0 aromatic rings. The maximum Gasteiger partial charge on any atom is 0.308 e. The second-order valence-corrected chi connectivity index (χ2v) is 6.76.